The van der Waals surface area contributed by atoms with Crippen molar-refractivity contribution in [1.82, 2.24) is 5.32 Å². The Bertz CT molecular complexity index is 365. The van der Waals surface area contributed by atoms with Gasteiger partial charge >= 0.3 is 0 Å². The van der Waals surface area contributed by atoms with Gasteiger partial charge in [0.15, 0.2) is 5.82 Å². The van der Waals surface area contributed by atoms with Gasteiger partial charge < -0.3 is 5.32 Å². The van der Waals surface area contributed by atoms with E-state index in [1.807, 2.05) is 0 Å². The van der Waals surface area contributed by atoms with Crippen LogP contribution in [0.25, 0.3) is 0 Å². The van der Waals surface area contributed by atoms with E-state index in [2.05, 4.69) is 28.2 Å². The molecule has 1 aromatic carbocycles. The maximum Gasteiger partial charge on any atom is 0.155 e. The zero-order valence-corrected chi connectivity index (χ0v) is 10.8. The lowest BCUT2D eigenvalue weighted by molar-refractivity contribution is 0.433. The Morgan fingerprint density at radius 2 is 2.27 bits per heavy atom. The molecule has 0 aromatic heterocycles. The Morgan fingerprint density at radius 3 is 2.80 bits per heavy atom. The van der Waals surface area contributed by atoms with Gasteiger partial charge in [-0.05, 0) is 59.9 Å². The maximum atomic E-state index is 13.3. The van der Waals surface area contributed by atoms with Crippen molar-refractivity contribution in [2.24, 2.45) is 0 Å². The molecule has 1 saturated heterocycles. The van der Waals surface area contributed by atoms with Crippen LogP contribution in [0.2, 0.25) is 5.02 Å². The zero-order chi connectivity index (χ0) is 11.1. The molecule has 0 spiro atoms. The average molecular weight is 293 g/mol. The lowest BCUT2D eigenvalue weighted by Crippen LogP contribution is -2.33. The molecule has 0 aliphatic carbocycles. The van der Waals surface area contributed by atoms with Crippen LogP contribution in [0.5, 0.6) is 0 Å². The summed E-state index contributed by atoms with van der Waals surface area (Å²) < 4.78 is 13.8. The molecule has 1 atom stereocenters. The largest absolute Gasteiger partial charge is 0.308 e. The van der Waals surface area contributed by atoms with Crippen molar-refractivity contribution in [2.75, 3.05) is 6.54 Å². The van der Waals surface area contributed by atoms with Gasteiger partial charge in [-0.25, -0.2) is 4.39 Å². The molecule has 1 N–H and O–H groups in total. The van der Waals surface area contributed by atoms with Crippen molar-refractivity contribution in [3.05, 3.63) is 33.0 Å². The Morgan fingerprint density at radius 1 is 1.53 bits per heavy atom. The van der Waals surface area contributed by atoms with Gasteiger partial charge in [-0.1, -0.05) is 11.6 Å². The Kier molecular flexibility index (Phi) is 3.06. The molecule has 1 nitrogen and oxygen atoms in total. The summed E-state index contributed by atoms with van der Waals surface area (Å²) in [5, 5.41) is 3.60. The van der Waals surface area contributed by atoms with Crippen molar-refractivity contribution in [3.8, 4) is 0 Å². The highest BCUT2D eigenvalue weighted by Crippen LogP contribution is 2.35. The predicted molar refractivity (Wildman–Crippen MR) is 63.7 cm³/mol. The summed E-state index contributed by atoms with van der Waals surface area (Å²) in [6.07, 6.45) is 2.20. The summed E-state index contributed by atoms with van der Waals surface area (Å²) in [5.74, 6) is -0.387. The lowest BCUT2D eigenvalue weighted by Gasteiger charge is -2.25. The van der Waals surface area contributed by atoms with Crippen molar-refractivity contribution >= 4 is 27.5 Å². The molecular weight excluding hydrogens is 280 g/mol. The Hall–Kier alpha value is -0.120. The maximum absolute atomic E-state index is 13.3. The highest BCUT2D eigenvalue weighted by atomic mass is 79.9. The van der Waals surface area contributed by atoms with Gasteiger partial charge in [-0.3, -0.25) is 0 Å². The molecule has 82 valence electrons. The molecule has 1 unspecified atom stereocenters. The second kappa shape index (κ2) is 4.04. The summed E-state index contributed by atoms with van der Waals surface area (Å²) >= 11 is 9.01. The monoisotopic (exact) mass is 291 g/mol. The summed E-state index contributed by atoms with van der Waals surface area (Å²) in [7, 11) is 0. The van der Waals surface area contributed by atoms with Crippen molar-refractivity contribution in [1.29, 1.82) is 0 Å². The smallest absolute Gasteiger partial charge is 0.155 e. The van der Waals surface area contributed by atoms with Gasteiger partial charge in [0, 0.05) is 5.54 Å². The Balaban J connectivity index is 2.45. The van der Waals surface area contributed by atoms with Gasteiger partial charge in [0.2, 0.25) is 0 Å². The van der Waals surface area contributed by atoms with E-state index in [9.17, 15) is 4.39 Å². The molecule has 0 radical (unpaired) electrons. The highest BCUT2D eigenvalue weighted by molar-refractivity contribution is 9.10. The third kappa shape index (κ3) is 2.05. The topological polar surface area (TPSA) is 12.0 Å². The van der Waals surface area contributed by atoms with Crippen LogP contribution in [0.3, 0.4) is 0 Å². The molecule has 1 aliphatic rings. The number of hydrogen-bond acceptors (Lipinski definition) is 1. The first-order chi connectivity index (χ1) is 7.03. The summed E-state index contributed by atoms with van der Waals surface area (Å²) in [6, 6.07) is 3.51. The molecule has 15 heavy (non-hydrogen) atoms. The minimum Gasteiger partial charge on any atom is -0.308 e. The standard InChI is InChI=1S/C11H12BrClFN/c1-11(3-2-4-15-11)7-5-8(12)10(14)9(13)6-7/h5-6,15H,2-4H2,1H3. The van der Waals surface area contributed by atoms with E-state index in [1.165, 1.54) is 0 Å². The van der Waals surface area contributed by atoms with E-state index in [0.29, 0.717) is 4.47 Å². The fourth-order valence-electron chi connectivity index (χ4n) is 2.02. The average Bonchev–Trinajstić information content (AvgIpc) is 2.62. The minimum absolute atomic E-state index is 0.0696. The van der Waals surface area contributed by atoms with Crippen LogP contribution in [-0.4, -0.2) is 6.54 Å². The third-order valence-electron chi connectivity index (χ3n) is 2.99. The first-order valence-corrected chi connectivity index (χ1v) is 6.10. The first kappa shape index (κ1) is 11.4. The van der Waals surface area contributed by atoms with E-state index in [4.69, 9.17) is 11.6 Å². The van der Waals surface area contributed by atoms with Crippen LogP contribution in [0.4, 0.5) is 4.39 Å². The van der Waals surface area contributed by atoms with E-state index < -0.39 is 0 Å². The molecule has 1 fully saturated rings. The fourth-order valence-corrected chi connectivity index (χ4v) is 2.81. The number of hydrogen-bond donors (Lipinski definition) is 1. The number of nitrogens with one attached hydrogen (secondary N) is 1. The van der Waals surface area contributed by atoms with Crippen LogP contribution < -0.4 is 5.32 Å². The van der Waals surface area contributed by atoms with Crippen LogP contribution in [0, 0.1) is 5.82 Å². The fraction of sp³-hybridized carbons (Fsp3) is 0.455. The molecule has 0 amide bonds. The molecule has 4 heteroatoms. The van der Waals surface area contributed by atoms with Gasteiger partial charge in [-0.15, -0.1) is 0 Å². The Labute approximate surface area is 102 Å². The molecule has 1 aliphatic heterocycles. The van der Waals surface area contributed by atoms with Crippen LogP contribution in [-0.2, 0) is 5.54 Å². The van der Waals surface area contributed by atoms with Gasteiger partial charge in [0.25, 0.3) is 0 Å². The zero-order valence-electron chi connectivity index (χ0n) is 8.41. The molecule has 2 rings (SSSR count). The first-order valence-electron chi connectivity index (χ1n) is 4.93. The molecule has 1 aromatic rings. The van der Waals surface area contributed by atoms with Crippen molar-refractivity contribution < 1.29 is 4.39 Å². The van der Waals surface area contributed by atoms with Crippen molar-refractivity contribution in [2.45, 2.75) is 25.3 Å². The van der Waals surface area contributed by atoms with E-state index in [-0.39, 0.29) is 16.4 Å². The van der Waals surface area contributed by atoms with E-state index in [1.54, 1.807) is 12.1 Å². The van der Waals surface area contributed by atoms with E-state index >= 15 is 0 Å². The van der Waals surface area contributed by atoms with Crippen molar-refractivity contribution in [3.63, 3.8) is 0 Å². The predicted octanol–water partition coefficient (Wildman–Crippen LogP) is 3.84. The second-order valence-corrected chi connectivity index (χ2v) is 5.38. The van der Waals surface area contributed by atoms with Crippen LogP contribution in [0.15, 0.2) is 16.6 Å². The highest BCUT2D eigenvalue weighted by Gasteiger charge is 2.30. The third-order valence-corrected chi connectivity index (χ3v) is 3.84. The van der Waals surface area contributed by atoms with Gasteiger partial charge in [0.1, 0.15) is 0 Å². The minimum atomic E-state index is -0.387. The van der Waals surface area contributed by atoms with Gasteiger partial charge in [0.05, 0.1) is 9.50 Å². The summed E-state index contributed by atoms with van der Waals surface area (Å²) in [5.41, 5.74) is 0.970. The lowest BCUT2D eigenvalue weighted by atomic mass is 9.91. The molecular formula is C11H12BrClFN. The van der Waals surface area contributed by atoms with Gasteiger partial charge in [-0.2, -0.15) is 0 Å². The normalized spacial score (nSPS) is 25.9. The molecule has 0 saturated carbocycles. The molecule has 1 heterocycles. The van der Waals surface area contributed by atoms with Crippen LogP contribution >= 0.6 is 27.5 Å². The van der Waals surface area contributed by atoms with Crippen LogP contribution in [0.1, 0.15) is 25.3 Å². The number of rotatable bonds is 1. The quantitative estimate of drug-likeness (QED) is 0.776. The SMILES string of the molecule is CC1(c2cc(Cl)c(F)c(Br)c2)CCCN1. The molecule has 0 bridgehead atoms. The summed E-state index contributed by atoms with van der Waals surface area (Å²) in [6.45, 7) is 3.12. The second-order valence-electron chi connectivity index (χ2n) is 4.12. The number of benzene rings is 1. The van der Waals surface area contributed by atoms with E-state index in [0.717, 1.165) is 24.9 Å². The number of halogens is 3. The summed E-state index contributed by atoms with van der Waals surface area (Å²) in [4.78, 5) is 0.